The maximum absolute atomic E-state index is 10.6. The zero-order valence-electron chi connectivity index (χ0n) is 19.2. The zero-order chi connectivity index (χ0) is 25.2. The van der Waals surface area contributed by atoms with Gasteiger partial charge in [0.05, 0.1) is 25.9 Å². The summed E-state index contributed by atoms with van der Waals surface area (Å²) < 4.78 is 37.8. The van der Waals surface area contributed by atoms with Gasteiger partial charge in [0.25, 0.3) is 0 Å². The molecule has 0 aromatic rings. The monoisotopic (exact) mass is 500 g/mol. The van der Waals surface area contributed by atoms with E-state index in [4.69, 9.17) is 33.2 Å². The van der Waals surface area contributed by atoms with Gasteiger partial charge in [0, 0.05) is 14.2 Å². The number of rotatable bonds is 8. The first-order valence-electron chi connectivity index (χ1n) is 11.1. The number of ether oxygens (including phenoxy) is 7. The molecule has 3 aliphatic rings. The maximum atomic E-state index is 10.6. The summed E-state index contributed by atoms with van der Waals surface area (Å²) in [7, 11) is 2.58. The lowest BCUT2D eigenvalue weighted by Gasteiger charge is -2.46. The Balaban J connectivity index is 1.68. The van der Waals surface area contributed by atoms with Crippen molar-refractivity contribution < 1.29 is 68.9 Å². The summed E-state index contributed by atoms with van der Waals surface area (Å²) in [6.07, 6.45) is -17.0. The molecule has 0 radical (unpaired) electrons. The molecule has 0 saturated carbocycles. The minimum atomic E-state index is -1.51. The second kappa shape index (κ2) is 12.1. The van der Waals surface area contributed by atoms with Crippen LogP contribution < -0.4 is 0 Å². The molecule has 0 bridgehead atoms. The van der Waals surface area contributed by atoms with Gasteiger partial charge in [-0.3, -0.25) is 0 Å². The molecule has 3 saturated heterocycles. The maximum Gasteiger partial charge on any atom is 0.187 e. The summed E-state index contributed by atoms with van der Waals surface area (Å²) >= 11 is 0. The zero-order valence-corrected chi connectivity index (χ0v) is 19.2. The Bertz CT molecular complexity index is 626. The van der Waals surface area contributed by atoms with Crippen LogP contribution in [0.15, 0.2) is 0 Å². The Labute approximate surface area is 196 Å². The largest absolute Gasteiger partial charge is 0.394 e. The van der Waals surface area contributed by atoms with Gasteiger partial charge in [-0.05, 0) is 6.92 Å². The molecule has 200 valence electrons. The molecule has 0 amide bonds. The number of hydrogen-bond acceptors (Lipinski definition) is 14. The van der Waals surface area contributed by atoms with Crippen LogP contribution in [0.25, 0.3) is 0 Å². The Morgan fingerprint density at radius 1 is 0.735 bits per heavy atom. The molecule has 3 heterocycles. The van der Waals surface area contributed by atoms with Crippen molar-refractivity contribution >= 4 is 0 Å². The first-order valence-corrected chi connectivity index (χ1v) is 11.1. The van der Waals surface area contributed by atoms with E-state index in [1.54, 1.807) is 0 Å². The Hall–Kier alpha value is -0.560. The van der Waals surface area contributed by atoms with Crippen LogP contribution >= 0.6 is 0 Å². The molecule has 34 heavy (non-hydrogen) atoms. The molecule has 14 nitrogen and oxygen atoms in total. The van der Waals surface area contributed by atoms with E-state index in [1.165, 1.54) is 21.1 Å². The smallest absolute Gasteiger partial charge is 0.187 e. The normalized spacial score (nSPS) is 50.3. The van der Waals surface area contributed by atoms with Crippen LogP contribution in [-0.4, -0.2) is 156 Å². The van der Waals surface area contributed by atoms with Crippen molar-refractivity contribution in [1.82, 2.24) is 0 Å². The van der Waals surface area contributed by atoms with Crippen LogP contribution in [0.2, 0.25) is 0 Å². The second-order valence-corrected chi connectivity index (χ2v) is 8.66. The van der Waals surface area contributed by atoms with Gasteiger partial charge in [-0.1, -0.05) is 0 Å². The van der Waals surface area contributed by atoms with Gasteiger partial charge in [-0.25, -0.2) is 0 Å². The van der Waals surface area contributed by atoms with Crippen LogP contribution in [0, 0.1) is 0 Å². The van der Waals surface area contributed by atoms with E-state index in [-0.39, 0.29) is 13.2 Å². The van der Waals surface area contributed by atoms with Gasteiger partial charge in [0.2, 0.25) is 0 Å². The lowest BCUT2D eigenvalue weighted by Crippen LogP contribution is -2.64. The number of aliphatic hydroxyl groups is 7. The van der Waals surface area contributed by atoms with Crippen molar-refractivity contribution in [3.05, 3.63) is 0 Å². The van der Waals surface area contributed by atoms with Crippen molar-refractivity contribution in [3.63, 3.8) is 0 Å². The van der Waals surface area contributed by atoms with E-state index in [0.29, 0.717) is 0 Å². The molecule has 3 rings (SSSR count). The van der Waals surface area contributed by atoms with Gasteiger partial charge >= 0.3 is 0 Å². The number of hydrogen-bond donors (Lipinski definition) is 7. The van der Waals surface area contributed by atoms with Gasteiger partial charge < -0.3 is 68.9 Å². The number of methoxy groups -OCH3 is 2. The van der Waals surface area contributed by atoms with Gasteiger partial charge in [-0.2, -0.15) is 0 Å². The third kappa shape index (κ3) is 5.71. The summed E-state index contributed by atoms with van der Waals surface area (Å²) in [5, 5.41) is 71.8. The molecule has 0 aromatic carbocycles. The van der Waals surface area contributed by atoms with Crippen LogP contribution in [0.5, 0.6) is 0 Å². The van der Waals surface area contributed by atoms with E-state index in [9.17, 15) is 35.7 Å². The minimum absolute atomic E-state index is 0.150. The van der Waals surface area contributed by atoms with Crippen molar-refractivity contribution in [2.75, 3.05) is 34.0 Å². The molecule has 0 aliphatic carbocycles. The van der Waals surface area contributed by atoms with E-state index in [1.807, 2.05) is 0 Å². The molecule has 3 aliphatic heterocycles. The molecular weight excluding hydrogens is 464 g/mol. The molecule has 14 atom stereocenters. The van der Waals surface area contributed by atoms with Crippen molar-refractivity contribution in [3.8, 4) is 0 Å². The van der Waals surface area contributed by atoms with Gasteiger partial charge in [-0.15, -0.1) is 0 Å². The van der Waals surface area contributed by atoms with Gasteiger partial charge in [0.15, 0.2) is 12.6 Å². The highest BCUT2D eigenvalue weighted by molar-refractivity contribution is 4.95. The fourth-order valence-electron chi connectivity index (χ4n) is 4.42. The molecule has 0 unspecified atom stereocenters. The van der Waals surface area contributed by atoms with Crippen LogP contribution in [0.1, 0.15) is 6.92 Å². The molecular formula is C20H36O14. The average Bonchev–Trinajstić information content (AvgIpc) is 2.81. The molecule has 7 N–H and O–H groups in total. The quantitative estimate of drug-likeness (QED) is 0.168. The fourth-order valence-corrected chi connectivity index (χ4v) is 4.42. The Morgan fingerprint density at radius 2 is 1.35 bits per heavy atom. The molecule has 3 fully saturated rings. The lowest BCUT2D eigenvalue weighted by atomic mass is 9.94. The number of aliphatic hydroxyl groups excluding tert-OH is 7. The van der Waals surface area contributed by atoms with Crippen molar-refractivity contribution in [2.24, 2.45) is 0 Å². The standard InChI is InChI=1S/C20H36O14/c1-7-11(23)18(12(24)9(4-21)32-7)34-20-15(27)17(29-3)13(25)10(33-20)6-31-19-14(26)16(28-2)8(22)5-30-19/h7-27H,4-6H2,1-3H3/t7-,8-,9+,10-,11+,12-,13-,14+,15-,16+,17+,18+,19-,20+/m0/s1. The lowest BCUT2D eigenvalue weighted by molar-refractivity contribution is -0.350. The van der Waals surface area contributed by atoms with Crippen LogP contribution in [0.3, 0.4) is 0 Å². The third-order valence-corrected chi connectivity index (χ3v) is 6.43. The summed E-state index contributed by atoms with van der Waals surface area (Å²) in [5.74, 6) is 0. The first kappa shape index (κ1) is 28.0. The van der Waals surface area contributed by atoms with E-state index >= 15 is 0 Å². The molecule has 0 spiro atoms. The molecule has 14 heteroatoms. The van der Waals surface area contributed by atoms with E-state index in [2.05, 4.69) is 0 Å². The minimum Gasteiger partial charge on any atom is -0.394 e. The third-order valence-electron chi connectivity index (χ3n) is 6.43. The highest BCUT2D eigenvalue weighted by Crippen LogP contribution is 2.30. The van der Waals surface area contributed by atoms with Crippen LogP contribution in [-0.2, 0) is 33.2 Å². The summed E-state index contributed by atoms with van der Waals surface area (Å²) in [6, 6.07) is 0. The first-order chi connectivity index (χ1) is 16.1. The van der Waals surface area contributed by atoms with Crippen LogP contribution in [0.4, 0.5) is 0 Å². The highest BCUT2D eigenvalue weighted by atomic mass is 16.7. The average molecular weight is 500 g/mol. The highest BCUT2D eigenvalue weighted by Gasteiger charge is 2.51. The summed E-state index contributed by atoms with van der Waals surface area (Å²) in [5.41, 5.74) is 0. The Kier molecular flexibility index (Phi) is 9.99. The summed E-state index contributed by atoms with van der Waals surface area (Å²) in [6.45, 7) is 0.522. The summed E-state index contributed by atoms with van der Waals surface area (Å²) in [4.78, 5) is 0. The SMILES string of the molecule is CO[C@H]1[C@H](O)[C@@H](O[C@H]2[C@@H](O)[C@@H](CO)O[C@@H](C)[C@H]2O)O[C@@H](CO[C@@H]2OC[C@H](O)[C@@H](OC)[C@H]2O)[C@@H]1O. The fraction of sp³-hybridized carbons (Fsp3) is 1.00. The predicted octanol–water partition coefficient (Wildman–Crippen LogP) is -4.56. The van der Waals surface area contributed by atoms with Gasteiger partial charge in [0.1, 0.15) is 67.1 Å². The van der Waals surface area contributed by atoms with Crippen molar-refractivity contribution in [1.29, 1.82) is 0 Å². The van der Waals surface area contributed by atoms with E-state index in [0.717, 1.165) is 0 Å². The van der Waals surface area contributed by atoms with Crippen molar-refractivity contribution in [2.45, 2.75) is 92.8 Å². The van der Waals surface area contributed by atoms with E-state index < -0.39 is 92.4 Å². The molecule has 0 aromatic heterocycles. The topological polar surface area (TPSA) is 206 Å². The Morgan fingerprint density at radius 3 is 1.97 bits per heavy atom. The second-order valence-electron chi connectivity index (χ2n) is 8.66. The predicted molar refractivity (Wildman–Crippen MR) is 108 cm³/mol.